The number of aliphatic hydroxyl groups excluding tert-OH is 2. The van der Waals surface area contributed by atoms with Crippen LogP contribution in [0.5, 0.6) is 0 Å². The van der Waals surface area contributed by atoms with Crippen LogP contribution in [-0.2, 0) is 14.2 Å². The fourth-order valence-electron chi connectivity index (χ4n) is 1.92. The predicted octanol–water partition coefficient (Wildman–Crippen LogP) is -0.743. The molecule has 2 rings (SSSR count). The van der Waals surface area contributed by atoms with Crippen LogP contribution >= 0.6 is 0 Å². The van der Waals surface area contributed by atoms with Gasteiger partial charge in [0.2, 0.25) is 0 Å². The van der Waals surface area contributed by atoms with Gasteiger partial charge in [0, 0.05) is 44.1 Å². The van der Waals surface area contributed by atoms with Crippen molar-refractivity contribution in [1.82, 2.24) is 0 Å². The normalized spacial score (nSPS) is 50.4. The average Bonchev–Trinajstić information content (AvgIpc) is 2.16. The van der Waals surface area contributed by atoms with Gasteiger partial charge in [-0.15, -0.1) is 0 Å². The minimum atomic E-state index is -0.893. The Morgan fingerprint density at radius 3 is 2.40 bits per heavy atom. The predicted molar refractivity (Wildman–Crippen MR) is 46.6 cm³/mol. The molecule has 5 nitrogen and oxygen atoms in total. The molecule has 0 aromatic heterocycles. The zero-order valence-electron chi connectivity index (χ0n) is 8.87. The van der Waals surface area contributed by atoms with E-state index in [9.17, 15) is 10.2 Å². The van der Waals surface area contributed by atoms with Crippen molar-refractivity contribution in [2.75, 3.05) is 6.61 Å². The van der Waals surface area contributed by atoms with E-state index in [1.165, 1.54) is 0 Å². The molecule has 2 aliphatic heterocycles. The molecule has 2 N–H and O–H groups in total. The van der Waals surface area contributed by atoms with Crippen LogP contribution in [-0.4, -0.2) is 53.6 Å². The summed E-state index contributed by atoms with van der Waals surface area (Å²) in [5.41, 5.74) is 0. The van der Waals surface area contributed by atoms with Crippen LogP contribution in [0.4, 0.5) is 0 Å². The van der Waals surface area contributed by atoms with Crippen LogP contribution in [0.15, 0.2) is 0 Å². The summed E-state index contributed by atoms with van der Waals surface area (Å²) < 4.78 is 16.1. The molecule has 2 aliphatic rings. The first-order valence-electron chi connectivity index (χ1n) is 4.88. The third kappa shape index (κ3) is 2.92. The number of rotatable bonds is 0. The molecule has 0 aromatic rings. The van der Waals surface area contributed by atoms with Gasteiger partial charge in [0.25, 0.3) is 0 Å². The quantitative estimate of drug-likeness (QED) is 0.529. The summed E-state index contributed by atoms with van der Waals surface area (Å²) >= 11 is 0. The molecule has 85 valence electrons. The molecule has 3 unspecified atom stereocenters. The maximum Gasteiger partial charge on any atom is 0.155 e. The van der Waals surface area contributed by atoms with Crippen molar-refractivity contribution in [3.8, 4) is 0 Å². The molecule has 1 radical (unpaired) electrons. The van der Waals surface area contributed by atoms with Gasteiger partial charge < -0.3 is 24.4 Å². The second-order valence-electron chi connectivity index (χ2n) is 3.86. The van der Waals surface area contributed by atoms with E-state index < -0.39 is 18.3 Å². The van der Waals surface area contributed by atoms with Crippen LogP contribution in [0, 0.1) is 44.1 Å². The molecule has 0 saturated carbocycles. The average molecular weight is 431 g/mol. The first-order valence-corrected chi connectivity index (χ1v) is 4.88. The second-order valence-corrected chi connectivity index (χ2v) is 3.86. The maximum absolute atomic E-state index is 9.75. The van der Waals surface area contributed by atoms with Gasteiger partial charge >= 0.3 is 0 Å². The molecule has 0 aromatic carbocycles. The molecule has 0 spiro atoms. The Labute approximate surface area is 125 Å². The van der Waals surface area contributed by atoms with Gasteiger partial charge in [-0.05, 0) is 13.8 Å². The Hall–Kier alpha value is 1.24. The van der Waals surface area contributed by atoms with Gasteiger partial charge in [-0.1, -0.05) is 0 Å². The molecule has 0 amide bonds. The van der Waals surface area contributed by atoms with Crippen LogP contribution < -0.4 is 0 Å². The van der Waals surface area contributed by atoms with Crippen LogP contribution in [0.2, 0.25) is 0 Å². The van der Waals surface area contributed by atoms with E-state index in [0.29, 0.717) is 6.61 Å². The van der Waals surface area contributed by atoms with E-state index in [2.05, 4.69) is 0 Å². The maximum atomic E-state index is 9.75. The largest absolute Gasteiger partial charge is 0.388 e. The smallest absolute Gasteiger partial charge is 0.155 e. The Morgan fingerprint density at radius 2 is 1.73 bits per heavy atom. The fourth-order valence-corrected chi connectivity index (χ4v) is 1.92. The van der Waals surface area contributed by atoms with Gasteiger partial charge in [-0.2, -0.15) is 0 Å². The van der Waals surface area contributed by atoms with E-state index in [1.807, 2.05) is 0 Å². The number of fused-ring (bicyclic) bond motifs is 1. The van der Waals surface area contributed by atoms with Gasteiger partial charge in [0.15, 0.2) is 6.29 Å². The number of aliphatic hydroxyl groups is 2. The molecule has 6 atom stereocenters. The summed E-state index contributed by atoms with van der Waals surface area (Å²) in [5, 5.41) is 19.3. The second kappa shape index (κ2) is 5.72. The molecule has 2 fully saturated rings. The van der Waals surface area contributed by atoms with Crippen molar-refractivity contribution in [3.05, 3.63) is 0 Å². The zero-order valence-corrected chi connectivity index (χ0v) is 13.6. The van der Waals surface area contributed by atoms with Crippen LogP contribution in [0.25, 0.3) is 0 Å². The summed E-state index contributed by atoms with van der Waals surface area (Å²) in [6.45, 7) is 3.88. The van der Waals surface area contributed by atoms with Crippen molar-refractivity contribution >= 4 is 0 Å². The summed E-state index contributed by atoms with van der Waals surface area (Å²) in [7, 11) is 0. The Morgan fingerprint density at radius 1 is 1.07 bits per heavy atom. The van der Waals surface area contributed by atoms with Gasteiger partial charge in [-0.3, -0.25) is 0 Å². The van der Waals surface area contributed by atoms with Gasteiger partial charge in [-0.25, -0.2) is 0 Å². The molecule has 0 aliphatic carbocycles. The van der Waals surface area contributed by atoms with E-state index in [0.717, 1.165) is 0 Å². The van der Waals surface area contributed by atoms with Crippen molar-refractivity contribution in [3.63, 3.8) is 0 Å². The first-order chi connectivity index (χ1) is 6.59. The van der Waals surface area contributed by atoms with Gasteiger partial charge in [0.05, 0.1) is 12.7 Å². The first kappa shape index (κ1) is 14.3. The van der Waals surface area contributed by atoms with Crippen LogP contribution in [0.3, 0.4) is 0 Å². The van der Waals surface area contributed by atoms with Crippen molar-refractivity contribution in [2.45, 2.75) is 50.7 Å². The number of hydrogen-bond donors (Lipinski definition) is 2. The molecular weight excluding hydrogens is 415 g/mol. The van der Waals surface area contributed by atoms with Crippen LogP contribution in [0.1, 0.15) is 13.8 Å². The zero-order chi connectivity index (χ0) is 10.3. The minimum absolute atomic E-state index is 0. The molecule has 2 saturated heterocycles. The third-order valence-corrected chi connectivity index (χ3v) is 2.77. The summed E-state index contributed by atoms with van der Waals surface area (Å²) in [5.74, 6) is 0. The van der Waals surface area contributed by atoms with Crippen molar-refractivity contribution < 1.29 is 68.5 Å². The van der Waals surface area contributed by atoms with E-state index in [4.69, 9.17) is 14.2 Å². The molecule has 6 heteroatoms. The number of ether oxygens (including phenoxy) is 3. The van der Waals surface area contributed by atoms with E-state index >= 15 is 0 Å². The van der Waals surface area contributed by atoms with Crippen molar-refractivity contribution in [2.24, 2.45) is 0 Å². The molecular formula is C9H16AcO5. The standard InChI is InChI=1S/C9H16O5.Ac/c1-4-7(10)8(11)9-6(13-4)3-12-5(2)14-9;/h4-11H,3H2,1-2H3;/t4-,5?,6?,7?,8-,9-;/m1./s1. The summed E-state index contributed by atoms with van der Waals surface area (Å²) in [6, 6.07) is 0. The Kier molecular flexibility index (Phi) is 5.46. The fraction of sp³-hybridized carbons (Fsp3) is 1.00. The summed E-state index contributed by atoms with van der Waals surface area (Å²) in [4.78, 5) is 0. The van der Waals surface area contributed by atoms with E-state index in [1.54, 1.807) is 13.8 Å². The van der Waals surface area contributed by atoms with E-state index in [-0.39, 0.29) is 62.6 Å². The number of hydrogen-bond acceptors (Lipinski definition) is 5. The minimum Gasteiger partial charge on any atom is -0.388 e. The molecule has 15 heavy (non-hydrogen) atoms. The van der Waals surface area contributed by atoms with Crippen molar-refractivity contribution in [1.29, 1.82) is 0 Å². The summed E-state index contributed by atoms with van der Waals surface area (Å²) in [6.07, 6.45) is -3.27. The SMILES string of the molecule is CC1OCC2O[C@H](C)C(O)[C@@H](O)[C@@H]2O1.[Ac]. The van der Waals surface area contributed by atoms with Gasteiger partial charge in [0.1, 0.15) is 24.4 Å². The Balaban J connectivity index is 0.00000112. The molecule has 2 heterocycles. The molecule has 0 bridgehead atoms. The monoisotopic (exact) mass is 431 g/mol. The topological polar surface area (TPSA) is 68.2 Å². The third-order valence-electron chi connectivity index (χ3n) is 2.77. The Bertz CT molecular complexity index is 213.